The number of amides is 2. The number of ether oxygens (including phenoxy) is 1. The van der Waals surface area contributed by atoms with Crippen molar-refractivity contribution >= 4 is 17.8 Å². The predicted molar refractivity (Wildman–Crippen MR) is 101 cm³/mol. The summed E-state index contributed by atoms with van der Waals surface area (Å²) in [5, 5.41) is 5.54. The van der Waals surface area contributed by atoms with Gasteiger partial charge in [0.25, 0.3) is 5.91 Å². The summed E-state index contributed by atoms with van der Waals surface area (Å²) in [6, 6.07) is 8.00. The van der Waals surface area contributed by atoms with Gasteiger partial charge in [-0.1, -0.05) is 42.5 Å². The van der Waals surface area contributed by atoms with Crippen LogP contribution >= 0.6 is 0 Å². The Morgan fingerprint density at radius 1 is 1.18 bits per heavy atom. The van der Waals surface area contributed by atoms with Crippen LogP contribution in [0.2, 0.25) is 0 Å². The lowest BCUT2D eigenvalue weighted by atomic mass is 10.1. The lowest BCUT2D eigenvalue weighted by Crippen LogP contribution is -2.43. The molecule has 1 aliphatic rings. The van der Waals surface area contributed by atoms with Gasteiger partial charge in [-0.15, -0.1) is 0 Å². The number of nitrogens with zero attached hydrogens (tertiary/aromatic N) is 1. The number of hydrogen-bond donors (Lipinski definition) is 3. The number of aromatic nitrogens is 2. The minimum Gasteiger partial charge on any atom is -0.462 e. The van der Waals surface area contributed by atoms with E-state index in [0.29, 0.717) is 12.8 Å². The van der Waals surface area contributed by atoms with Crippen molar-refractivity contribution in [1.82, 2.24) is 20.6 Å². The molecule has 0 fully saturated rings. The largest absolute Gasteiger partial charge is 0.462 e. The first kappa shape index (κ1) is 19.3. The number of imidazole rings is 1. The Balaban J connectivity index is 1.73. The minimum absolute atomic E-state index is 0.0224. The van der Waals surface area contributed by atoms with Gasteiger partial charge >= 0.3 is 5.97 Å². The van der Waals surface area contributed by atoms with Crippen molar-refractivity contribution in [2.75, 3.05) is 6.61 Å². The summed E-state index contributed by atoms with van der Waals surface area (Å²) in [6.45, 7) is -0.0224. The number of H-pyrrole nitrogens is 1. The molecule has 28 heavy (non-hydrogen) atoms. The fourth-order valence-electron chi connectivity index (χ4n) is 2.83. The fraction of sp³-hybridized carbons (Fsp3) is 0.300. The van der Waals surface area contributed by atoms with Gasteiger partial charge in [-0.25, -0.2) is 9.78 Å². The standard InChI is InChI=1S/C20H22N4O4/c25-17-10-6-2-5-9-15(24-19(26)18-21-11-12-22-18)20(27)28-13-16(23-17)14-7-3-1-4-8-14/h1-5,7-8,11-12,15-16H,6,9-10,13H2,(H,21,22)(H,23,25)(H,24,26)/t15-,16?/m1/s1. The SMILES string of the molecule is O=C1CCC=CC[C@@H](NC(=O)c2ncc[nH]2)C(=O)OCC(c2ccccc2)N1. The summed E-state index contributed by atoms with van der Waals surface area (Å²) in [5.74, 6) is -1.05. The molecule has 3 rings (SSSR count). The van der Waals surface area contributed by atoms with Gasteiger partial charge in [-0.3, -0.25) is 9.59 Å². The van der Waals surface area contributed by atoms with Crippen LogP contribution in [-0.2, 0) is 14.3 Å². The maximum absolute atomic E-state index is 12.6. The Morgan fingerprint density at radius 3 is 2.75 bits per heavy atom. The van der Waals surface area contributed by atoms with Crippen LogP contribution in [0.1, 0.15) is 41.5 Å². The Kier molecular flexibility index (Phi) is 6.56. The van der Waals surface area contributed by atoms with Gasteiger partial charge in [0.05, 0.1) is 6.04 Å². The van der Waals surface area contributed by atoms with E-state index in [2.05, 4.69) is 20.6 Å². The zero-order valence-corrected chi connectivity index (χ0v) is 15.3. The van der Waals surface area contributed by atoms with Crippen LogP contribution in [0.4, 0.5) is 0 Å². The molecule has 8 heteroatoms. The van der Waals surface area contributed by atoms with Crippen molar-refractivity contribution in [2.24, 2.45) is 0 Å². The minimum atomic E-state index is -0.847. The van der Waals surface area contributed by atoms with Crippen molar-refractivity contribution in [3.63, 3.8) is 0 Å². The number of aromatic amines is 1. The smallest absolute Gasteiger partial charge is 0.329 e. The van der Waals surface area contributed by atoms with Gasteiger partial charge in [0, 0.05) is 18.8 Å². The maximum Gasteiger partial charge on any atom is 0.329 e. The van der Waals surface area contributed by atoms with Crippen molar-refractivity contribution in [3.05, 3.63) is 66.3 Å². The molecule has 146 valence electrons. The number of carbonyl (C=O) groups excluding carboxylic acids is 3. The molecule has 0 radical (unpaired) electrons. The fourth-order valence-corrected chi connectivity index (χ4v) is 2.83. The summed E-state index contributed by atoms with van der Waals surface area (Å²) in [5.41, 5.74) is 0.840. The van der Waals surface area contributed by atoms with Gasteiger partial charge in [-0.05, 0) is 18.4 Å². The summed E-state index contributed by atoms with van der Waals surface area (Å²) in [7, 11) is 0. The molecule has 0 saturated heterocycles. The highest BCUT2D eigenvalue weighted by Gasteiger charge is 2.25. The van der Waals surface area contributed by atoms with Crippen LogP contribution in [0.5, 0.6) is 0 Å². The van der Waals surface area contributed by atoms with E-state index in [4.69, 9.17) is 4.74 Å². The monoisotopic (exact) mass is 382 g/mol. The van der Waals surface area contributed by atoms with Crippen LogP contribution < -0.4 is 10.6 Å². The van der Waals surface area contributed by atoms with Crippen molar-refractivity contribution in [3.8, 4) is 0 Å². The van der Waals surface area contributed by atoms with Gasteiger partial charge in [0.15, 0.2) is 5.82 Å². The zero-order chi connectivity index (χ0) is 19.8. The molecular weight excluding hydrogens is 360 g/mol. The first-order valence-corrected chi connectivity index (χ1v) is 9.09. The van der Waals surface area contributed by atoms with E-state index in [1.165, 1.54) is 12.4 Å². The van der Waals surface area contributed by atoms with E-state index >= 15 is 0 Å². The van der Waals surface area contributed by atoms with Crippen molar-refractivity contribution < 1.29 is 19.1 Å². The van der Waals surface area contributed by atoms with Crippen LogP contribution in [0.3, 0.4) is 0 Å². The quantitative estimate of drug-likeness (QED) is 0.552. The molecule has 2 atom stereocenters. The van der Waals surface area contributed by atoms with Crippen LogP contribution in [-0.4, -0.2) is 40.4 Å². The molecule has 0 bridgehead atoms. The Labute approximate surface area is 162 Å². The molecule has 0 spiro atoms. The number of nitrogens with one attached hydrogen (secondary N) is 3. The molecule has 2 amide bonds. The van der Waals surface area contributed by atoms with Crippen LogP contribution in [0, 0.1) is 0 Å². The molecular formula is C20H22N4O4. The summed E-state index contributed by atoms with van der Waals surface area (Å²) < 4.78 is 5.43. The second-order valence-corrected chi connectivity index (χ2v) is 6.37. The summed E-state index contributed by atoms with van der Waals surface area (Å²) >= 11 is 0. The number of esters is 1. The molecule has 1 aromatic heterocycles. The molecule has 0 saturated carbocycles. The molecule has 2 aromatic rings. The third kappa shape index (κ3) is 5.29. The number of carbonyl (C=O) groups is 3. The van der Waals surface area contributed by atoms with Gasteiger partial charge < -0.3 is 20.4 Å². The third-order valence-electron chi connectivity index (χ3n) is 4.31. The van der Waals surface area contributed by atoms with Gasteiger partial charge in [-0.2, -0.15) is 0 Å². The highest BCUT2D eigenvalue weighted by molar-refractivity contribution is 5.93. The molecule has 1 unspecified atom stereocenters. The summed E-state index contributed by atoms with van der Waals surface area (Å²) in [6.07, 6.45) is 7.71. The number of cyclic esters (lactones) is 1. The predicted octanol–water partition coefficient (Wildman–Crippen LogP) is 1.65. The van der Waals surface area contributed by atoms with Crippen LogP contribution in [0.25, 0.3) is 0 Å². The van der Waals surface area contributed by atoms with E-state index in [0.717, 1.165) is 5.56 Å². The number of benzene rings is 1. The Bertz CT molecular complexity index is 833. The average molecular weight is 382 g/mol. The number of rotatable bonds is 3. The highest BCUT2D eigenvalue weighted by atomic mass is 16.5. The average Bonchev–Trinajstić information content (AvgIpc) is 3.24. The molecule has 8 nitrogen and oxygen atoms in total. The second-order valence-electron chi connectivity index (χ2n) is 6.37. The molecule has 0 aliphatic carbocycles. The first-order valence-electron chi connectivity index (χ1n) is 9.09. The Hall–Kier alpha value is -3.42. The topological polar surface area (TPSA) is 113 Å². The maximum atomic E-state index is 12.6. The molecule has 3 N–H and O–H groups in total. The highest BCUT2D eigenvalue weighted by Crippen LogP contribution is 2.15. The van der Waals surface area contributed by atoms with E-state index < -0.39 is 24.0 Å². The van der Waals surface area contributed by atoms with Crippen molar-refractivity contribution in [1.29, 1.82) is 0 Å². The molecule has 1 aromatic carbocycles. The first-order chi connectivity index (χ1) is 13.6. The third-order valence-corrected chi connectivity index (χ3v) is 4.31. The number of hydrogen-bond acceptors (Lipinski definition) is 5. The van der Waals surface area contributed by atoms with E-state index in [-0.39, 0.29) is 24.8 Å². The molecule has 1 aliphatic heterocycles. The lowest BCUT2D eigenvalue weighted by Gasteiger charge is -2.22. The summed E-state index contributed by atoms with van der Waals surface area (Å²) in [4.78, 5) is 43.5. The van der Waals surface area contributed by atoms with E-state index in [1.807, 2.05) is 36.4 Å². The van der Waals surface area contributed by atoms with E-state index in [9.17, 15) is 14.4 Å². The van der Waals surface area contributed by atoms with Gasteiger partial charge in [0.2, 0.25) is 5.91 Å². The lowest BCUT2D eigenvalue weighted by molar-refractivity contribution is -0.147. The normalized spacial score (nSPS) is 21.0. The second kappa shape index (κ2) is 9.50. The van der Waals surface area contributed by atoms with Gasteiger partial charge in [0.1, 0.15) is 12.6 Å². The van der Waals surface area contributed by atoms with E-state index in [1.54, 1.807) is 6.08 Å². The number of allylic oxidation sites excluding steroid dienone is 1. The molecule has 2 heterocycles. The Morgan fingerprint density at radius 2 is 2.00 bits per heavy atom. The van der Waals surface area contributed by atoms with Crippen LogP contribution in [0.15, 0.2) is 54.9 Å². The van der Waals surface area contributed by atoms with Crippen molar-refractivity contribution in [2.45, 2.75) is 31.3 Å². The zero-order valence-electron chi connectivity index (χ0n) is 15.3.